The summed E-state index contributed by atoms with van der Waals surface area (Å²) in [5, 5.41) is 6.65. The van der Waals surface area contributed by atoms with Gasteiger partial charge in [0.25, 0.3) is 0 Å². The normalized spacial score (nSPS) is 12.2. The third-order valence-corrected chi connectivity index (χ3v) is 5.06. The van der Waals surface area contributed by atoms with Crippen molar-refractivity contribution in [3.8, 4) is 11.8 Å². The van der Waals surface area contributed by atoms with Gasteiger partial charge in [-0.05, 0) is 67.9 Å². The summed E-state index contributed by atoms with van der Waals surface area (Å²) >= 11 is 0. The van der Waals surface area contributed by atoms with Gasteiger partial charge in [0.15, 0.2) is 0 Å². The predicted octanol–water partition coefficient (Wildman–Crippen LogP) is 4.60. The van der Waals surface area contributed by atoms with Crippen molar-refractivity contribution in [1.29, 1.82) is 0 Å². The van der Waals surface area contributed by atoms with Crippen molar-refractivity contribution in [1.82, 2.24) is 5.16 Å². The highest BCUT2D eigenvalue weighted by Crippen LogP contribution is 2.24. The van der Waals surface area contributed by atoms with Gasteiger partial charge in [-0.3, -0.25) is 5.32 Å². The van der Waals surface area contributed by atoms with E-state index in [1.807, 2.05) is 43.3 Å². The van der Waals surface area contributed by atoms with Crippen molar-refractivity contribution >= 4 is 17.9 Å². The molecule has 7 heteroatoms. The Morgan fingerprint density at radius 2 is 1.81 bits per heavy atom. The maximum atomic E-state index is 12.3. The lowest BCUT2D eigenvalue weighted by atomic mass is 10.1. The van der Waals surface area contributed by atoms with Gasteiger partial charge in [-0.1, -0.05) is 47.5 Å². The van der Waals surface area contributed by atoms with Crippen LogP contribution >= 0.6 is 0 Å². The Kier molecular flexibility index (Phi) is 7.58. The topological polar surface area (TPSA) is 98.5 Å². The highest BCUT2D eigenvalue weighted by Gasteiger charge is 2.18. The largest absolute Gasteiger partial charge is 0.441 e. The van der Waals surface area contributed by atoms with Gasteiger partial charge < -0.3 is 9.26 Å². The van der Waals surface area contributed by atoms with Crippen LogP contribution in [0.5, 0.6) is 0 Å². The Hall–Kier alpha value is -4.14. The lowest BCUT2D eigenvalue weighted by molar-refractivity contribution is -0.191. The zero-order valence-electron chi connectivity index (χ0n) is 17.8. The SMILES string of the molecule is Cc1noc(C#Cc2ccc3c(c2)CCC3)c1NC(=O)OC(C)c1ccccc1.O=C=O. The van der Waals surface area contributed by atoms with Crippen molar-refractivity contribution in [3.05, 3.63) is 82.2 Å². The van der Waals surface area contributed by atoms with E-state index in [1.54, 1.807) is 6.92 Å². The van der Waals surface area contributed by atoms with E-state index < -0.39 is 6.09 Å². The number of benzene rings is 2. The number of rotatable bonds is 3. The maximum absolute atomic E-state index is 12.3. The number of fused-ring (bicyclic) bond motifs is 1. The molecule has 0 saturated heterocycles. The molecule has 1 atom stereocenters. The zero-order valence-corrected chi connectivity index (χ0v) is 17.8. The van der Waals surface area contributed by atoms with Gasteiger partial charge in [0.1, 0.15) is 17.5 Å². The number of carbonyl (C=O) groups is 1. The van der Waals surface area contributed by atoms with Gasteiger partial charge in [0.2, 0.25) is 5.76 Å². The van der Waals surface area contributed by atoms with Crippen LogP contribution in [0.1, 0.15) is 53.2 Å². The van der Waals surface area contributed by atoms with Crippen LogP contribution in [0, 0.1) is 18.8 Å². The van der Waals surface area contributed by atoms with Crippen LogP contribution < -0.4 is 5.32 Å². The molecular weight excluding hydrogens is 408 g/mol. The molecule has 0 bridgehead atoms. The lowest BCUT2D eigenvalue weighted by Gasteiger charge is -2.13. The van der Waals surface area contributed by atoms with Crippen molar-refractivity contribution in [2.75, 3.05) is 5.32 Å². The van der Waals surface area contributed by atoms with Crippen LogP contribution in [0.3, 0.4) is 0 Å². The number of aromatic nitrogens is 1. The van der Waals surface area contributed by atoms with Gasteiger partial charge in [0, 0.05) is 5.56 Å². The van der Waals surface area contributed by atoms with E-state index >= 15 is 0 Å². The third-order valence-electron chi connectivity index (χ3n) is 5.06. The minimum absolute atomic E-state index is 0.250. The quantitative estimate of drug-likeness (QED) is 0.610. The molecule has 7 nitrogen and oxygen atoms in total. The monoisotopic (exact) mass is 430 g/mol. The Morgan fingerprint density at radius 1 is 1.09 bits per heavy atom. The number of hydrogen-bond donors (Lipinski definition) is 1. The molecule has 0 fully saturated rings. The molecule has 1 aliphatic rings. The second-order valence-corrected chi connectivity index (χ2v) is 7.23. The fourth-order valence-electron chi connectivity index (χ4n) is 3.46. The Morgan fingerprint density at radius 3 is 2.56 bits per heavy atom. The van der Waals surface area contributed by atoms with Crippen LogP contribution in [0.25, 0.3) is 0 Å². The van der Waals surface area contributed by atoms with E-state index in [-0.39, 0.29) is 12.3 Å². The average molecular weight is 430 g/mol. The van der Waals surface area contributed by atoms with Gasteiger partial charge in [0.05, 0.1) is 0 Å². The zero-order chi connectivity index (χ0) is 22.9. The second kappa shape index (κ2) is 10.8. The van der Waals surface area contributed by atoms with Crippen molar-refractivity contribution < 1.29 is 23.6 Å². The Bertz CT molecular complexity index is 1180. The first-order chi connectivity index (χ1) is 15.5. The second-order valence-electron chi connectivity index (χ2n) is 7.23. The van der Waals surface area contributed by atoms with E-state index in [0.29, 0.717) is 17.1 Å². The summed E-state index contributed by atoms with van der Waals surface area (Å²) in [6.07, 6.45) is 2.74. The first-order valence-corrected chi connectivity index (χ1v) is 10.1. The highest BCUT2D eigenvalue weighted by molar-refractivity contribution is 5.87. The highest BCUT2D eigenvalue weighted by atomic mass is 16.6. The lowest BCUT2D eigenvalue weighted by Crippen LogP contribution is -2.16. The summed E-state index contributed by atoms with van der Waals surface area (Å²) in [6.45, 7) is 3.57. The molecule has 1 unspecified atom stereocenters. The number of ether oxygens (including phenoxy) is 1. The summed E-state index contributed by atoms with van der Waals surface area (Å²) in [5.41, 5.74) is 5.59. The molecule has 32 heavy (non-hydrogen) atoms. The number of aryl methyl sites for hydroxylation is 3. The standard InChI is InChI=1S/C24H22N2O3.CO2/c1-16-23(25-24(27)28-17(2)19-7-4-3-5-8-19)22(29-26-16)14-12-18-11-13-20-9-6-10-21(20)15-18;2-1-3/h3-5,7-8,11,13,15,17H,6,9-10H2,1-2H3,(H,25,27);. The number of nitrogens with one attached hydrogen (secondary N) is 1. The smallest absolute Gasteiger partial charge is 0.412 e. The molecule has 1 heterocycles. The molecular formula is C25H22N2O5. The van der Waals surface area contributed by atoms with Crippen LogP contribution in [-0.4, -0.2) is 17.4 Å². The van der Waals surface area contributed by atoms with Crippen molar-refractivity contribution in [2.45, 2.75) is 39.2 Å². The van der Waals surface area contributed by atoms with Crippen LogP contribution in [-0.2, 0) is 27.2 Å². The summed E-state index contributed by atoms with van der Waals surface area (Å²) in [4.78, 5) is 28.6. The van der Waals surface area contributed by atoms with Crippen LogP contribution in [0.2, 0.25) is 0 Å². The molecule has 1 N–H and O–H groups in total. The summed E-state index contributed by atoms with van der Waals surface area (Å²) in [5.74, 6) is 6.40. The maximum Gasteiger partial charge on any atom is 0.412 e. The van der Waals surface area contributed by atoms with E-state index in [2.05, 4.69) is 34.4 Å². The number of hydrogen-bond acceptors (Lipinski definition) is 6. The van der Waals surface area contributed by atoms with E-state index in [9.17, 15) is 4.79 Å². The molecule has 162 valence electrons. The number of carbonyl (C=O) groups excluding carboxylic acids is 3. The molecule has 1 amide bonds. The molecule has 0 spiro atoms. The molecule has 4 rings (SSSR count). The van der Waals surface area contributed by atoms with Gasteiger partial charge in [-0.15, -0.1) is 0 Å². The summed E-state index contributed by atoms with van der Waals surface area (Å²) in [7, 11) is 0. The summed E-state index contributed by atoms with van der Waals surface area (Å²) < 4.78 is 10.8. The van der Waals surface area contributed by atoms with Crippen molar-refractivity contribution in [2.24, 2.45) is 0 Å². The number of amides is 1. The average Bonchev–Trinajstić information content (AvgIpc) is 3.40. The van der Waals surface area contributed by atoms with Crippen LogP contribution in [0.15, 0.2) is 53.1 Å². The molecule has 1 aromatic heterocycles. The molecule has 2 aromatic carbocycles. The summed E-state index contributed by atoms with van der Waals surface area (Å²) in [6, 6.07) is 15.8. The first-order valence-electron chi connectivity index (χ1n) is 10.1. The predicted molar refractivity (Wildman–Crippen MR) is 116 cm³/mol. The van der Waals surface area contributed by atoms with Crippen molar-refractivity contribution in [3.63, 3.8) is 0 Å². The first kappa shape index (κ1) is 22.5. The van der Waals surface area contributed by atoms with Crippen LogP contribution in [0.4, 0.5) is 10.5 Å². The third kappa shape index (κ3) is 5.72. The van der Waals surface area contributed by atoms with Gasteiger partial charge in [-0.2, -0.15) is 9.59 Å². The van der Waals surface area contributed by atoms with Gasteiger partial charge >= 0.3 is 12.2 Å². The minimum atomic E-state index is -0.576. The molecule has 1 aliphatic carbocycles. The molecule has 0 radical (unpaired) electrons. The number of anilines is 1. The molecule has 0 saturated carbocycles. The number of nitrogens with zero attached hydrogens (tertiary/aromatic N) is 1. The van der Waals surface area contributed by atoms with Gasteiger partial charge in [-0.25, -0.2) is 4.79 Å². The Balaban J connectivity index is 0.000000913. The fraction of sp³-hybridized carbons (Fsp3) is 0.240. The molecule has 3 aromatic rings. The van der Waals surface area contributed by atoms with E-state index in [4.69, 9.17) is 18.8 Å². The van der Waals surface area contributed by atoms with E-state index in [0.717, 1.165) is 24.0 Å². The van der Waals surface area contributed by atoms with E-state index in [1.165, 1.54) is 17.5 Å². The molecule has 0 aliphatic heterocycles. The fourth-order valence-corrected chi connectivity index (χ4v) is 3.46. The Labute approximate surface area is 185 Å². The minimum Gasteiger partial charge on any atom is -0.441 e.